The highest BCUT2D eigenvalue weighted by atomic mass is 35.5. The monoisotopic (exact) mass is 688 g/mol. The first kappa shape index (κ1) is 32.9. The largest absolute Gasteiger partial charge is 0.335 e. The molecule has 9 rings (SSSR count). The molecule has 0 saturated heterocycles. The molecule has 2 unspecified atom stereocenters. The number of hydrogen-bond acceptors (Lipinski definition) is 2. The molecule has 1 saturated carbocycles. The van der Waals surface area contributed by atoms with Crippen LogP contribution in [0.15, 0.2) is 91.0 Å². The maximum absolute atomic E-state index is 6.99. The van der Waals surface area contributed by atoms with Crippen LogP contribution in [0.4, 0.5) is 28.4 Å². The normalized spacial score (nSPS) is 21.6. The maximum Gasteiger partial charge on any atom is 0.252 e. The Morgan fingerprint density at radius 3 is 2.10 bits per heavy atom. The van der Waals surface area contributed by atoms with E-state index in [0.29, 0.717) is 0 Å². The van der Waals surface area contributed by atoms with Crippen LogP contribution in [-0.2, 0) is 16.2 Å². The van der Waals surface area contributed by atoms with E-state index in [0.717, 1.165) is 5.02 Å². The van der Waals surface area contributed by atoms with Gasteiger partial charge in [0.15, 0.2) is 0 Å². The van der Waals surface area contributed by atoms with E-state index in [2.05, 4.69) is 163 Å². The quantitative estimate of drug-likeness (QED) is 0.167. The lowest BCUT2D eigenvalue weighted by atomic mass is 9.33. The predicted molar refractivity (Wildman–Crippen MR) is 221 cm³/mol. The molecule has 5 aromatic carbocycles. The Labute approximate surface area is 310 Å². The molecular weight excluding hydrogens is 639 g/mol. The molecule has 3 heterocycles. The van der Waals surface area contributed by atoms with Gasteiger partial charge in [-0.15, -0.1) is 0 Å². The Kier molecular flexibility index (Phi) is 6.97. The fourth-order valence-corrected chi connectivity index (χ4v) is 10.4. The van der Waals surface area contributed by atoms with Crippen molar-refractivity contribution in [3.8, 4) is 11.1 Å². The maximum atomic E-state index is 6.99. The van der Waals surface area contributed by atoms with Crippen LogP contribution in [0.1, 0.15) is 103 Å². The number of benzene rings is 5. The summed E-state index contributed by atoms with van der Waals surface area (Å²) in [6.07, 6.45) is 4.96. The first-order valence-corrected chi connectivity index (χ1v) is 19.4. The summed E-state index contributed by atoms with van der Waals surface area (Å²) >= 11 is 6.99. The van der Waals surface area contributed by atoms with Crippen LogP contribution >= 0.6 is 11.6 Å². The molecule has 0 radical (unpaired) electrons. The van der Waals surface area contributed by atoms with Gasteiger partial charge >= 0.3 is 0 Å². The highest BCUT2D eigenvalue weighted by Crippen LogP contribution is 2.62. The molecule has 5 aromatic rings. The summed E-state index contributed by atoms with van der Waals surface area (Å²) in [7, 11) is 0. The summed E-state index contributed by atoms with van der Waals surface area (Å²) < 4.78 is 0. The third kappa shape index (κ3) is 4.56. The lowest BCUT2D eigenvalue weighted by Gasteiger charge is -2.53. The number of hydrogen-bond donors (Lipinski definition) is 0. The number of fused-ring (bicyclic) bond motifs is 7. The second kappa shape index (κ2) is 10.8. The van der Waals surface area contributed by atoms with Crippen molar-refractivity contribution < 1.29 is 0 Å². The number of rotatable bonds is 2. The standard InChI is InChI=1S/C47H50BClN2/c1-29-23-40-42-41(24-29)51-43-35(46(8)21-13-14-22-47(46,51)9)26-32(45(5,6)7)27-37(43)48(42)36-19-18-33(49)28-39(36)50(40)38-20-17-31(44(2,3)4)25-34(38)30-15-11-10-12-16-30/h10-12,15-20,23-28H,13-14,21-22H2,1-9H3. The van der Waals surface area contributed by atoms with Crippen LogP contribution in [-0.4, -0.2) is 12.3 Å². The lowest BCUT2D eigenvalue weighted by Crippen LogP contribution is -2.64. The summed E-state index contributed by atoms with van der Waals surface area (Å²) in [5, 5.41) is 0.764. The van der Waals surface area contributed by atoms with Gasteiger partial charge in [-0.2, -0.15) is 0 Å². The average Bonchev–Trinajstić information content (AvgIpc) is 3.29. The SMILES string of the molecule is Cc1cc2c3c(c1)N1c4c(cc(C(C)(C)C)cc4C4(C)CCCCC14C)B3c1ccc(Cl)cc1N2c1ccc(C(C)(C)C)cc1-c1ccccc1. The van der Waals surface area contributed by atoms with Crippen LogP contribution in [0.5, 0.6) is 0 Å². The van der Waals surface area contributed by atoms with E-state index in [-0.39, 0.29) is 28.5 Å². The van der Waals surface area contributed by atoms with Crippen molar-refractivity contribution in [2.45, 2.75) is 110 Å². The third-order valence-corrected chi connectivity index (χ3v) is 13.4. The van der Waals surface area contributed by atoms with E-state index >= 15 is 0 Å². The summed E-state index contributed by atoms with van der Waals surface area (Å²) in [5.41, 5.74) is 18.9. The Morgan fingerprint density at radius 2 is 1.37 bits per heavy atom. The fourth-order valence-electron chi connectivity index (χ4n) is 10.2. The van der Waals surface area contributed by atoms with Crippen LogP contribution in [0, 0.1) is 6.92 Å². The van der Waals surface area contributed by atoms with E-state index in [1.54, 1.807) is 5.56 Å². The Morgan fingerprint density at radius 1 is 0.667 bits per heavy atom. The van der Waals surface area contributed by atoms with Gasteiger partial charge in [-0.3, -0.25) is 0 Å². The van der Waals surface area contributed by atoms with Gasteiger partial charge in [0.25, 0.3) is 6.71 Å². The molecule has 0 aromatic heterocycles. The van der Waals surface area contributed by atoms with Gasteiger partial charge in [-0.1, -0.05) is 128 Å². The molecule has 2 atom stereocenters. The molecule has 2 nitrogen and oxygen atoms in total. The van der Waals surface area contributed by atoms with Crippen LogP contribution in [0.3, 0.4) is 0 Å². The third-order valence-electron chi connectivity index (χ3n) is 13.2. The molecule has 3 aliphatic heterocycles. The molecule has 0 bridgehead atoms. The highest BCUT2D eigenvalue weighted by Gasteiger charge is 2.61. The Balaban J connectivity index is 1.40. The minimum atomic E-state index is -0.0139. The molecule has 0 amide bonds. The topological polar surface area (TPSA) is 6.48 Å². The van der Waals surface area contributed by atoms with Crippen molar-refractivity contribution in [1.29, 1.82) is 0 Å². The van der Waals surface area contributed by atoms with E-state index in [4.69, 9.17) is 11.6 Å². The van der Waals surface area contributed by atoms with E-state index in [1.165, 1.54) is 98.3 Å². The van der Waals surface area contributed by atoms with Crippen LogP contribution < -0.4 is 26.2 Å². The molecule has 0 spiro atoms. The zero-order valence-corrected chi connectivity index (χ0v) is 32.6. The molecule has 4 aliphatic rings. The van der Waals surface area contributed by atoms with E-state index in [9.17, 15) is 0 Å². The summed E-state index contributed by atoms with van der Waals surface area (Å²) in [4.78, 5) is 5.39. The number of aryl methyl sites for hydroxylation is 1. The highest BCUT2D eigenvalue weighted by molar-refractivity contribution is 7.00. The summed E-state index contributed by atoms with van der Waals surface area (Å²) in [6, 6.07) is 34.8. The average molecular weight is 689 g/mol. The van der Waals surface area contributed by atoms with Crippen molar-refractivity contribution >= 4 is 63.1 Å². The van der Waals surface area contributed by atoms with Crippen molar-refractivity contribution in [3.63, 3.8) is 0 Å². The van der Waals surface area contributed by atoms with Gasteiger partial charge in [0, 0.05) is 38.8 Å². The molecule has 4 heteroatoms. The fraction of sp³-hybridized carbons (Fsp3) is 0.362. The predicted octanol–water partition coefficient (Wildman–Crippen LogP) is 11.3. The van der Waals surface area contributed by atoms with Gasteiger partial charge < -0.3 is 9.80 Å². The second-order valence-corrected chi connectivity index (χ2v) is 18.8. The van der Waals surface area contributed by atoms with Crippen LogP contribution in [0.2, 0.25) is 5.02 Å². The van der Waals surface area contributed by atoms with Crippen molar-refractivity contribution in [1.82, 2.24) is 0 Å². The number of anilines is 5. The van der Waals surface area contributed by atoms with E-state index < -0.39 is 0 Å². The van der Waals surface area contributed by atoms with Gasteiger partial charge in [0.2, 0.25) is 0 Å². The first-order valence-electron chi connectivity index (χ1n) is 19.0. The first-order chi connectivity index (χ1) is 24.1. The van der Waals surface area contributed by atoms with Gasteiger partial charge in [-0.05, 0) is 118 Å². The second-order valence-electron chi connectivity index (χ2n) is 18.4. The molecule has 258 valence electrons. The van der Waals surface area contributed by atoms with Crippen molar-refractivity contribution in [2.75, 3.05) is 9.80 Å². The molecule has 51 heavy (non-hydrogen) atoms. The molecule has 1 fully saturated rings. The van der Waals surface area contributed by atoms with Gasteiger partial charge in [0.05, 0.1) is 11.2 Å². The lowest BCUT2D eigenvalue weighted by molar-refractivity contribution is 0.195. The number of nitrogens with zero attached hydrogens (tertiary/aromatic N) is 2. The zero-order chi connectivity index (χ0) is 35.8. The minimum Gasteiger partial charge on any atom is -0.335 e. The van der Waals surface area contributed by atoms with E-state index in [1.807, 2.05) is 0 Å². The smallest absolute Gasteiger partial charge is 0.252 e. The molecule has 0 N–H and O–H groups in total. The molecule has 1 aliphatic carbocycles. The summed E-state index contributed by atoms with van der Waals surface area (Å²) in [6.45, 7) is 21.6. The van der Waals surface area contributed by atoms with Crippen LogP contribution in [0.25, 0.3) is 11.1 Å². The minimum absolute atomic E-state index is 0.0139. The van der Waals surface area contributed by atoms with Gasteiger partial charge in [0.1, 0.15) is 0 Å². The van der Waals surface area contributed by atoms with Gasteiger partial charge in [-0.25, -0.2) is 0 Å². The Hall–Kier alpha value is -3.95. The summed E-state index contributed by atoms with van der Waals surface area (Å²) in [5.74, 6) is 0. The number of halogens is 1. The molecular formula is C47H50BClN2. The van der Waals surface area contributed by atoms with Crippen molar-refractivity contribution in [2.24, 2.45) is 0 Å². The Bertz CT molecular complexity index is 2260. The zero-order valence-electron chi connectivity index (χ0n) is 31.8. The van der Waals surface area contributed by atoms with Crippen molar-refractivity contribution in [3.05, 3.63) is 118 Å².